The molecule has 0 aliphatic heterocycles. The van der Waals surface area contributed by atoms with Crippen LogP contribution in [0.1, 0.15) is 26.2 Å². The van der Waals surface area contributed by atoms with E-state index < -0.39 is 24.2 Å². The fraction of sp³-hybridized carbons (Fsp3) is 0.875. The van der Waals surface area contributed by atoms with Crippen LogP contribution >= 0.6 is 0 Å². The third-order valence-electron chi connectivity index (χ3n) is 1.83. The topological polar surface area (TPSA) is 26.3 Å². The second kappa shape index (κ2) is 4.61. The summed E-state index contributed by atoms with van der Waals surface area (Å²) in [6.07, 6.45) is -5.75. The fourth-order valence-corrected chi connectivity index (χ4v) is 0.942. The third kappa shape index (κ3) is 2.59. The minimum atomic E-state index is -5.21. The van der Waals surface area contributed by atoms with Crippen LogP contribution in [0.3, 0.4) is 0 Å². The number of ether oxygens (including phenoxy) is 1. The van der Waals surface area contributed by atoms with Crippen molar-refractivity contribution in [3.05, 3.63) is 0 Å². The zero-order valence-corrected chi connectivity index (χ0v) is 7.95. The van der Waals surface area contributed by atoms with Crippen molar-refractivity contribution < 1.29 is 27.1 Å². The predicted octanol–water partition coefficient (Wildman–Crippen LogP) is 2.62. The fourth-order valence-electron chi connectivity index (χ4n) is 0.942. The van der Waals surface area contributed by atoms with Crippen LogP contribution in [0.5, 0.6) is 0 Å². The van der Waals surface area contributed by atoms with Gasteiger partial charge in [0.25, 0.3) is 0 Å². The molecule has 0 unspecified atom stereocenters. The molecular weight excluding hydrogens is 204 g/mol. The van der Waals surface area contributed by atoms with Crippen molar-refractivity contribution in [1.82, 2.24) is 0 Å². The molecule has 0 saturated carbocycles. The SMILES string of the molecule is CCCC[C@](F)(C(=O)OC)C(F)(F)F. The van der Waals surface area contributed by atoms with Gasteiger partial charge in [-0.25, -0.2) is 9.18 Å². The van der Waals surface area contributed by atoms with Crippen molar-refractivity contribution in [1.29, 1.82) is 0 Å². The quantitative estimate of drug-likeness (QED) is 0.533. The van der Waals surface area contributed by atoms with E-state index in [1.54, 1.807) is 6.92 Å². The van der Waals surface area contributed by atoms with E-state index >= 15 is 0 Å². The van der Waals surface area contributed by atoms with Gasteiger partial charge in [-0.15, -0.1) is 0 Å². The van der Waals surface area contributed by atoms with Crippen LogP contribution in [0, 0.1) is 0 Å². The Morgan fingerprint density at radius 1 is 1.29 bits per heavy atom. The average molecular weight is 216 g/mol. The largest absolute Gasteiger partial charge is 0.466 e. The van der Waals surface area contributed by atoms with Gasteiger partial charge in [0.05, 0.1) is 7.11 Å². The van der Waals surface area contributed by atoms with E-state index in [2.05, 4.69) is 4.74 Å². The highest BCUT2D eigenvalue weighted by atomic mass is 19.4. The van der Waals surface area contributed by atoms with Crippen LogP contribution in [-0.4, -0.2) is 24.9 Å². The molecule has 6 heteroatoms. The van der Waals surface area contributed by atoms with Gasteiger partial charge in [-0.2, -0.15) is 13.2 Å². The summed E-state index contributed by atoms with van der Waals surface area (Å²) in [4.78, 5) is 10.7. The smallest absolute Gasteiger partial charge is 0.433 e. The van der Waals surface area contributed by atoms with Gasteiger partial charge >= 0.3 is 17.8 Å². The van der Waals surface area contributed by atoms with E-state index in [4.69, 9.17) is 0 Å². The lowest BCUT2D eigenvalue weighted by molar-refractivity contribution is -0.239. The lowest BCUT2D eigenvalue weighted by atomic mass is 9.98. The van der Waals surface area contributed by atoms with Crippen LogP contribution in [0.4, 0.5) is 17.6 Å². The molecule has 0 rings (SSSR count). The van der Waals surface area contributed by atoms with Gasteiger partial charge in [0.2, 0.25) is 0 Å². The van der Waals surface area contributed by atoms with Crippen molar-refractivity contribution in [2.24, 2.45) is 0 Å². The Hall–Kier alpha value is -0.810. The molecule has 84 valence electrons. The van der Waals surface area contributed by atoms with Crippen LogP contribution in [0.2, 0.25) is 0 Å². The van der Waals surface area contributed by atoms with Gasteiger partial charge in [0.15, 0.2) is 0 Å². The van der Waals surface area contributed by atoms with Gasteiger partial charge < -0.3 is 4.74 Å². The maximum Gasteiger partial charge on any atom is 0.433 e. The van der Waals surface area contributed by atoms with Crippen LogP contribution in [-0.2, 0) is 9.53 Å². The number of hydrogen-bond acceptors (Lipinski definition) is 2. The molecule has 0 radical (unpaired) electrons. The molecule has 0 heterocycles. The summed E-state index contributed by atoms with van der Waals surface area (Å²) >= 11 is 0. The number of methoxy groups -OCH3 is 1. The molecule has 0 fully saturated rings. The molecule has 0 aliphatic carbocycles. The first-order valence-corrected chi connectivity index (χ1v) is 4.13. The highest BCUT2D eigenvalue weighted by molar-refractivity contribution is 5.80. The summed E-state index contributed by atoms with van der Waals surface area (Å²) < 4.78 is 53.7. The third-order valence-corrected chi connectivity index (χ3v) is 1.83. The first-order chi connectivity index (χ1) is 6.29. The molecular formula is C8H12F4O2. The Morgan fingerprint density at radius 2 is 1.79 bits per heavy atom. The lowest BCUT2D eigenvalue weighted by Gasteiger charge is -2.24. The van der Waals surface area contributed by atoms with E-state index in [9.17, 15) is 22.4 Å². The monoisotopic (exact) mass is 216 g/mol. The standard InChI is InChI=1S/C8H12F4O2/c1-3-4-5-7(9,6(13)14-2)8(10,11)12/h3-5H2,1-2H3/t7-/m0/s1. The molecule has 0 N–H and O–H groups in total. The average Bonchev–Trinajstić information content (AvgIpc) is 2.10. The Kier molecular flexibility index (Phi) is 4.35. The van der Waals surface area contributed by atoms with Gasteiger partial charge in [0, 0.05) is 6.42 Å². The lowest BCUT2D eigenvalue weighted by Crippen LogP contribution is -2.48. The highest BCUT2D eigenvalue weighted by Crippen LogP contribution is 2.38. The van der Waals surface area contributed by atoms with Crippen molar-refractivity contribution in [2.45, 2.75) is 38.0 Å². The Labute approximate surface area is 79.2 Å². The van der Waals surface area contributed by atoms with Gasteiger partial charge in [-0.3, -0.25) is 0 Å². The summed E-state index contributed by atoms with van der Waals surface area (Å²) in [5.74, 6) is -1.88. The van der Waals surface area contributed by atoms with Crippen molar-refractivity contribution in [3.8, 4) is 0 Å². The summed E-state index contributed by atoms with van der Waals surface area (Å²) in [5, 5.41) is 0. The molecule has 0 aromatic heterocycles. The highest BCUT2D eigenvalue weighted by Gasteiger charge is 2.62. The zero-order valence-electron chi connectivity index (χ0n) is 7.95. The summed E-state index contributed by atoms with van der Waals surface area (Å²) in [5.41, 5.74) is -3.86. The molecule has 0 bridgehead atoms. The maximum absolute atomic E-state index is 13.3. The summed E-state index contributed by atoms with van der Waals surface area (Å²) in [6.45, 7) is 1.61. The Balaban J connectivity index is 4.76. The molecule has 2 nitrogen and oxygen atoms in total. The van der Waals surface area contributed by atoms with E-state index in [0.717, 1.165) is 7.11 Å². The number of carbonyl (C=O) groups is 1. The molecule has 14 heavy (non-hydrogen) atoms. The van der Waals surface area contributed by atoms with E-state index in [-0.39, 0.29) is 6.42 Å². The first kappa shape index (κ1) is 13.2. The van der Waals surface area contributed by atoms with Crippen molar-refractivity contribution in [3.63, 3.8) is 0 Å². The Morgan fingerprint density at radius 3 is 2.07 bits per heavy atom. The normalized spacial score (nSPS) is 16.1. The molecule has 0 aliphatic rings. The number of unbranched alkanes of at least 4 members (excludes halogenated alkanes) is 1. The molecule has 0 amide bonds. The number of rotatable bonds is 4. The zero-order chi connectivity index (χ0) is 11.4. The number of carbonyl (C=O) groups excluding carboxylic acids is 1. The number of hydrogen-bond donors (Lipinski definition) is 0. The van der Waals surface area contributed by atoms with Gasteiger partial charge in [0.1, 0.15) is 0 Å². The maximum atomic E-state index is 13.3. The second-order valence-electron chi connectivity index (χ2n) is 2.89. The Bertz CT molecular complexity index is 202. The molecule has 0 saturated heterocycles. The molecule has 0 aromatic carbocycles. The van der Waals surface area contributed by atoms with Gasteiger partial charge in [-0.1, -0.05) is 13.3 Å². The van der Waals surface area contributed by atoms with Crippen molar-refractivity contribution in [2.75, 3.05) is 7.11 Å². The van der Waals surface area contributed by atoms with Crippen LogP contribution in [0.25, 0.3) is 0 Å². The first-order valence-electron chi connectivity index (χ1n) is 4.13. The summed E-state index contributed by atoms with van der Waals surface area (Å²) in [6, 6.07) is 0. The molecule has 1 atom stereocenters. The second-order valence-corrected chi connectivity index (χ2v) is 2.89. The van der Waals surface area contributed by atoms with Crippen LogP contribution in [0.15, 0.2) is 0 Å². The number of alkyl halides is 4. The minimum Gasteiger partial charge on any atom is -0.466 e. The number of halogens is 4. The minimum absolute atomic E-state index is 0.0227. The van der Waals surface area contributed by atoms with Crippen LogP contribution < -0.4 is 0 Å². The molecule has 0 spiro atoms. The van der Waals surface area contributed by atoms with Gasteiger partial charge in [-0.05, 0) is 6.42 Å². The molecule has 0 aromatic rings. The predicted molar refractivity (Wildman–Crippen MR) is 41.4 cm³/mol. The van der Waals surface area contributed by atoms with Crippen molar-refractivity contribution >= 4 is 5.97 Å². The van der Waals surface area contributed by atoms with E-state index in [1.807, 2.05) is 0 Å². The van der Waals surface area contributed by atoms with E-state index in [1.165, 1.54) is 0 Å². The number of esters is 1. The summed E-state index contributed by atoms with van der Waals surface area (Å²) in [7, 11) is 0.731. The van der Waals surface area contributed by atoms with E-state index in [0.29, 0.717) is 6.42 Å².